The zero-order valence-corrected chi connectivity index (χ0v) is 15.0. The fourth-order valence-corrected chi connectivity index (χ4v) is 3.75. The molecule has 2 aliphatic rings. The Hall–Kier alpha value is -1.94. The van der Waals surface area contributed by atoms with Gasteiger partial charge in [0.2, 0.25) is 0 Å². The highest BCUT2D eigenvalue weighted by Crippen LogP contribution is 2.32. The number of aryl methyl sites for hydroxylation is 1. The van der Waals surface area contributed by atoms with E-state index in [1.165, 1.54) is 6.07 Å². The van der Waals surface area contributed by atoms with Gasteiger partial charge >= 0.3 is 5.97 Å². The Balaban J connectivity index is 1.92. The van der Waals surface area contributed by atoms with Crippen molar-refractivity contribution >= 4 is 5.97 Å². The minimum Gasteiger partial charge on any atom is -0.479 e. The van der Waals surface area contributed by atoms with E-state index in [0.29, 0.717) is 5.69 Å². The van der Waals surface area contributed by atoms with Crippen molar-refractivity contribution in [3.05, 3.63) is 33.7 Å². The summed E-state index contributed by atoms with van der Waals surface area (Å²) in [7, 11) is 0. The summed E-state index contributed by atoms with van der Waals surface area (Å²) in [6.07, 6.45) is -3.76. The van der Waals surface area contributed by atoms with Crippen molar-refractivity contribution in [1.29, 1.82) is 0 Å². The molecule has 4 N–H and O–H groups in total. The molecule has 0 radical (unpaired) electrons. The number of nitrogens with zero attached hydrogens (tertiary/aromatic N) is 1. The number of ether oxygens (including phenoxy) is 1. The Bertz CT molecular complexity index is 741. The maximum atomic E-state index is 12.5. The highest BCUT2D eigenvalue weighted by Gasteiger charge is 2.48. The van der Waals surface area contributed by atoms with Crippen LogP contribution >= 0.6 is 0 Å². The number of carboxylic acids is 1. The smallest absolute Gasteiger partial charge is 0.335 e. The molecule has 9 nitrogen and oxygen atoms in total. The first-order valence-electron chi connectivity index (χ1n) is 9.13. The number of aliphatic carboxylic acids is 1. The molecule has 1 saturated carbocycles. The molecule has 0 amide bonds. The van der Waals surface area contributed by atoms with Crippen molar-refractivity contribution in [2.45, 2.75) is 75.7 Å². The standard InChI is InChI=1S/C18H25NO8/c1-9-7-11(10-5-3-2-4-6-10)19(12(20)8-9)27-18-15(23)13(21)14(22)16(26-18)17(24)25/h7-8,10,13-16,18,21-23H,2-6H2,1H3,(H,24,25)/t13?,14-,15?,16?,18-/m1/s1. The number of rotatable bonds is 4. The molecule has 0 aromatic carbocycles. The first kappa shape index (κ1) is 19.8. The molecular weight excluding hydrogens is 358 g/mol. The Morgan fingerprint density at radius 2 is 1.78 bits per heavy atom. The summed E-state index contributed by atoms with van der Waals surface area (Å²) >= 11 is 0. The van der Waals surface area contributed by atoms with Crippen LogP contribution in [0.4, 0.5) is 0 Å². The van der Waals surface area contributed by atoms with Crippen molar-refractivity contribution in [1.82, 2.24) is 4.73 Å². The topological polar surface area (TPSA) is 138 Å². The molecule has 0 spiro atoms. The van der Waals surface area contributed by atoms with Gasteiger partial charge in [0.25, 0.3) is 11.8 Å². The highest BCUT2D eigenvalue weighted by molar-refractivity contribution is 5.73. The second kappa shape index (κ2) is 7.97. The van der Waals surface area contributed by atoms with Crippen molar-refractivity contribution in [3.8, 4) is 0 Å². The van der Waals surface area contributed by atoms with Crippen LogP contribution in [0.2, 0.25) is 0 Å². The molecule has 0 bridgehead atoms. The quantitative estimate of drug-likeness (QED) is 0.547. The van der Waals surface area contributed by atoms with Gasteiger partial charge < -0.3 is 30.0 Å². The summed E-state index contributed by atoms with van der Waals surface area (Å²) in [6, 6.07) is 3.19. The molecular formula is C18H25NO8. The first-order chi connectivity index (χ1) is 12.8. The van der Waals surface area contributed by atoms with Crippen LogP contribution in [0.25, 0.3) is 0 Å². The number of pyridine rings is 1. The summed E-state index contributed by atoms with van der Waals surface area (Å²) in [5.41, 5.74) is 0.922. The van der Waals surface area contributed by atoms with Crippen LogP contribution < -0.4 is 10.4 Å². The van der Waals surface area contributed by atoms with Gasteiger partial charge in [-0.15, -0.1) is 4.73 Å². The van der Waals surface area contributed by atoms with E-state index in [1.54, 1.807) is 6.92 Å². The maximum Gasteiger partial charge on any atom is 0.335 e. The van der Waals surface area contributed by atoms with Crippen molar-refractivity contribution in [2.24, 2.45) is 0 Å². The SMILES string of the molecule is Cc1cc(C2CCCCC2)n(O[C@H]2OC(C(=O)O)[C@H](O)C(O)C2O)c(=O)c1. The number of carboxylic acid groups (broad SMARTS) is 1. The molecule has 150 valence electrons. The predicted octanol–water partition coefficient (Wildman–Crippen LogP) is -0.475. The molecule has 3 unspecified atom stereocenters. The fourth-order valence-electron chi connectivity index (χ4n) is 3.75. The van der Waals surface area contributed by atoms with Crippen LogP contribution in [0.5, 0.6) is 0 Å². The van der Waals surface area contributed by atoms with E-state index in [9.17, 15) is 24.9 Å². The van der Waals surface area contributed by atoms with Crippen LogP contribution in [-0.4, -0.2) is 61.8 Å². The number of aliphatic hydroxyl groups is 3. The van der Waals surface area contributed by atoms with Gasteiger partial charge in [0.15, 0.2) is 6.10 Å². The molecule has 1 aromatic rings. The summed E-state index contributed by atoms with van der Waals surface area (Å²) in [4.78, 5) is 29.3. The number of carbonyl (C=O) groups is 1. The number of hydrogen-bond acceptors (Lipinski definition) is 7. The summed E-state index contributed by atoms with van der Waals surface area (Å²) < 4.78 is 6.15. The lowest BCUT2D eigenvalue weighted by molar-refractivity contribution is -0.295. The molecule has 1 aliphatic heterocycles. The van der Waals surface area contributed by atoms with Gasteiger partial charge in [0, 0.05) is 12.0 Å². The van der Waals surface area contributed by atoms with Gasteiger partial charge in [-0.05, 0) is 31.4 Å². The lowest BCUT2D eigenvalue weighted by atomic mass is 9.86. The van der Waals surface area contributed by atoms with Gasteiger partial charge in [-0.1, -0.05) is 19.3 Å². The van der Waals surface area contributed by atoms with Gasteiger partial charge in [-0.25, -0.2) is 4.79 Å². The molecule has 5 atom stereocenters. The van der Waals surface area contributed by atoms with Gasteiger partial charge in [-0.2, -0.15) is 0 Å². The molecule has 1 saturated heterocycles. The monoisotopic (exact) mass is 383 g/mol. The normalized spacial score (nSPS) is 32.2. The number of hydrogen-bond donors (Lipinski definition) is 4. The van der Waals surface area contributed by atoms with E-state index in [2.05, 4.69) is 0 Å². The van der Waals surface area contributed by atoms with E-state index >= 15 is 0 Å². The highest BCUT2D eigenvalue weighted by atomic mass is 16.8. The summed E-state index contributed by atoms with van der Waals surface area (Å²) in [6.45, 7) is 1.80. The fraction of sp³-hybridized carbons (Fsp3) is 0.667. The van der Waals surface area contributed by atoms with Gasteiger partial charge in [0.05, 0.1) is 5.69 Å². The van der Waals surface area contributed by atoms with Gasteiger partial charge in [0.1, 0.15) is 18.3 Å². The van der Waals surface area contributed by atoms with E-state index in [-0.39, 0.29) is 5.92 Å². The van der Waals surface area contributed by atoms with Crippen LogP contribution in [0.15, 0.2) is 16.9 Å². The Kier molecular flexibility index (Phi) is 5.85. The van der Waals surface area contributed by atoms with Crippen LogP contribution in [0.1, 0.15) is 49.3 Å². The Morgan fingerprint density at radius 3 is 2.41 bits per heavy atom. The first-order valence-corrected chi connectivity index (χ1v) is 9.13. The predicted molar refractivity (Wildman–Crippen MR) is 92.2 cm³/mol. The van der Waals surface area contributed by atoms with Crippen molar-refractivity contribution in [3.63, 3.8) is 0 Å². The van der Waals surface area contributed by atoms with Crippen molar-refractivity contribution in [2.75, 3.05) is 0 Å². The molecule has 2 heterocycles. The molecule has 27 heavy (non-hydrogen) atoms. The third kappa shape index (κ3) is 4.01. The average molecular weight is 383 g/mol. The van der Waals surface area contributed by atoms with Crippen LogP contribution in [0.3, 0.4) is 0 Å². The molecule has 1 aromatic heterocycles. The van der Waals surface area contributed by atoms with Gasteiger partial charge in [-0.3, -0.25) is 4.79 Å². The van der Waals surface area contributed by atoms with E-state index in [0.717, 1.165) is 42.4 Å². The molecule has 2 fully saturated rings. The molecule has 9 heteroatoms. The average Bonchev–Trinajstić information content (AvgIpc) is 2.64. The van der Waals surface area contributed by atoms with E-state index in [1.807, 2.05) is 6.07 Å². The Morgan fingerprint density at radius 1 is 1.11 bits per heavy atom. The second-order valence-corrected chi connectivity index (χ2v) is 7.27. The largest absolute Gasteiger partial charge is 0.479 e. The third-order valence-corrected chi connectivity index (χ3v) is 5.21. The van der Waals surface area contributed by atoms with Crippen LogP contribution in [0, 0.1) is 6.92 Å². The zero-order valence-electron chi connectivity index (χ0n) is 15.0. The molecule has 3 rings (SSSR count). The van der Waals surface area contributed by atoms with E-state index < -0.39 is 42.2 Å². The van der Waals surface area contributed by atoms with E-state index in [4.69, 9.17) is 14.7 Å². The second-order valence-electron chi connectivity index (χ2n) is 7.27. The Labute approximate surface area is 155 Å². The zero-order chi connectivity index (χ0) is 19.7. The van der Waals surface area contributed by atoms with Crippen LogP contribution in [-0.2, 0) is 9.53 Å². The lowest BCUT2D eigenvalue weighted by Crippen LogP contribution is -2.62. The van der Waals surface area contributed by atoms with Crippen molar-refractivity contribution < 1.29 is 34.8 Å². The molecule has 1 aliphatic carbocycles. The minimum absolute atomic E-state index is 0.0952. The maximum absolute atomic E-state index is 12.5. The summed E-state index contributed by atoms with van der Waals surface area (Å²) in [5, 5.41) is 39.0. The minimum atomic E-state index is -1.81. The number of aromatic nitrogens is 1. The lowest BCUT2D eigenvalue weighted by Gasteiger charge is -2.38. The third-order valence-electron chi connectivity index (χ3n) is 5.21. The summed E-state index contributed by atoms with van der Waals surface area (Å²) in [5.74, 6) is -1.41. The number of aliphatic hydroxyl groups excluding tert-OH is 3.